The Kier molecular flexibility index (Phi) is 4.87. The minimum Gasteiger partial charge on any atom is -0.462 e. The first-order valence-corrected chi connectivity index (χ1v) is 7.28. The summed E-state index contributed by atoms with van der Waals surface area (Å²) in [6.07, 6.45) is 0. The van der Waals surface area contributed by atoms with E-state index in [0.717, 1.165) is 23.1 Å². The highest BCUT2D eigenvalue weighted by atomic mass is 32.1. The number of aryl methyl sites for hydroxylation is 1. The first kappa shape index (κ1) is 16.1. The Bertz CT molecular complexity index is 728. The second-order valence-electron chi connectivity index (χ2n) is 4.40. The van der Waals surface area contributed by atoms with Gasteiger partial charge in [-0.25, -0.2) is 13.6 Å². The van der Waals surface area contributed by atoms with E-state index in [4.69, 9.17) is 4.74 Å². The Morgan fingerprint density at radius 3 is 2.59 bits per heavy atom. The van der Waals surface area contributed by atoms with Crippen molar-refractivity contribution in [3.63, 3.8) is 0 Å². The van der Waals surface area contributed by atoms with Crippen LogP contribution in [-0.2, 0) is 4.74 Å². The number of hydrogen-bond donors (Lipinski definition) is 1. The van der Waals surface area contributed by atoms with Crippen LogP contribution in [0.25, 0.3) is 0 Å². The van der Waals surface area contributed by atoms with Crippen molar-refractivity contribution in [1.29, 1.82) is 0 Å². The highest BCUT2D eigenvalue weighted by Crippen LogP contribution is 2.28. The maximum Gasteiger partial charge on any atom is 0.341 e. The summed E-state index contributed by atoms with van der Waals surface area (Å²) in [7, 11) is 0. The number of ether oxygens (including phenoxy) is 1. The van der Waals surface area contributed by atoms with E-state index in [-0.39, 0.29) is 17.7 Å². The predicted octanol–water partition coefficient (Wildman–Crippen LogP) is 3.76. The molecule has 0 atom stereocenters. The molecule has 0 unspecified atom stereocenters. The van der Waals surface area contributed by atoms with E-state index in [2.05, 4.69) is 5.32 Å². The molecule has 1 heterocycles. The van der Waals surface area contributed by atoms with E-state index in [1.807, 2.05) is 0 Å². The van der Waals surface area contributed by atoms with Crippen molar-refractivity contribution in [2.75, 3.05) is 11.9 Å². The van der Waals surface area contributed by atoms with E-state index >= 15 is 0 Å². The molecular weight excluding hydrogens is 312 g/mol. The molecule has 0 fully saturated rings. The first-order valence-electron chi connectivity index (χ1n) is 6.46. The fraction of sp³-hybridized carbons (Fsp3) is 0.200. The zero-order valence-corrected chi connectivity index (χ0v) is 12.7. The lowest BCUT2D eigenvalue weighted by Gasteiger charge is -2.06. The number of amides is 1. The molecule has 1 N–H and O–H groups in total. The minimum absolute atomic E-state index is 0.0419. The zero-order chi connectivity index (χ0) is 16.3. The van der Waals surface area contributed by atoms with Crippen LogP contribution in [0.4, 0.5) is 13.8 Å². The Balaban J connectivity index is 2.24. The van der Waals surface area contributed by atoms with Crippen LogP contribution in [0.15, 0.2) is 24.3 Å². The van der Waals surface area contributed by atoms with E-state index < -0.39 is 23.5 Å². The number of rotatable bonds is 4. The SMILES string of the molecule is CCOC(=O)c1cc(C)sc1NC(=O)c1ccc(F)c(F)c1. The summed E-state index contributed by atoms with van der Waals surface area (Å²) in [5, 5.41) is 2.83. The van der Waals surface area contributed by atoms with Crippen molar-refractivity contribution in [3.05, 3.63) is 51.9 Å². The Morgan fingerprint density at radius 2 is 1.95 bits per heavy atom. The molecule has 4 nitrogen and oxygen atoms in total. The lowest BCUT2D eigenvalue weighted by Crippen LogP contribution is -2.14. The summed E-state index contributed by atoms with van der Waals surface area (Å²) in [5.41, 5.74) is 0.194. The quantitative estimate of drug-likeness (QED) is 0.871. The molecule has 0 spiro atoms. The van der Waals surface area contributed by atoms with Gasteiger partial charge < -0.3 is 10.1 Å². The molecule has 116 valence electrons. The predicted molar refractivity (Wildman–Crippen MR) is 79.3 cm³/mol. The summed E-state index contributed by atoms with van der Waals surface area (Å²) >= 11 is 1.20. The molecule has 0 saturated heterocycles. The number of carbonyl (C=O) groups is 2. The van der Waals surface area contributed by atoms with E-state index in [1.54, 1.807) is 19.9 Å². The number of benzene rings is 1. The lowest BCUT2D eigenvalue weighted by atomic mass is 10.2. The fourth-order valence-electron chi connectivity index (χ4n) is 1.78. The van der Waals surface area contributed by atoms with Crippen LogP contribution in [0.3, 0.4) is 0 Å². The van der Waals surface area contributed by atoms with Crippen LogP contribution >= 0.6 is 11.3 Å². The average molecular weight is 325 g/mol. The number of halogens is 2. The Hall–Kier alpha value is -2.28. The zero-order valence-electron chi connectivity index (χ0n) is 11.9. The van der Waals surface area contributed by atoms with Gasteiger partial charge in [-0.3, -0.25) is 4.79 Å². The van der Waals surface area contributed by atoms with Gasteiger partial charge in [0.25, 0.3) is 5.91 Å². The second kappa shape index (κ2) is 6.65. The van der Waals surface area contributed by atoms with Crippen molar-refractivity contribution in [3.8, 4) is 0 Å². The van der Waals surface area contributed by atoms with Crippen LogP contribution in [0.2, 0.25) is 0 Å². The molecule has 0 radical (unpaired) electrons. The highest BCUT2D eigenvalue weighted by Gasteiger charge is 2.19. The molecule has 2 rings (SSSR count). The molecular formula is C15H13F2NO3S. The molecule has 7 heteroatoms. The maximum atomic E-state index is 13.2. The number of esters is 1. The smallest absolute Gasteiger partial charge is 0.341 e. The third-order valence-corrected chi connectivity index (χ3v) is 3.73. The van der Waals surface area contributed by atoms with Crippen molar-refractivity contribution in [2.24, 2.45) is 0 Å². The normalized spacial score (nSPS) is 10.4. The summed E-state index contributed by atoms with van der Waals surface area (Å²) in [4.78, 5) is 24.7. The van der Waals surface area contributed by atoms with Crippen molar-refractivity contribution in [1.82, 2.24) is 0 Å². The number of carbonyl (C=O) groups excluding carboxylic acids is 2. The van der Waals surface area contributed by atoms with Gasteiger partial charge in [-0.2, -0.15) is 0 Å². The molecule has 1 aromatic carbocycles. The average Bonchev–Trinajstić information content (AvgIpc) is 2.83. The molecule has 1 amide bonds. The maximum absolute atomic E-state index is 13.2. The number of anilines is 1. The topological polar surface area (TPSA) is 55.4 Å². The Morgan fingerprint density at radius 1 is 1.23 bits per heavy atom. The van der Waals surface area contributed by atoms with E-state index in [0.29, 0.717) is 5.00 Å². The molecule has 0 bridgehead atoms. The van der Waals surface area contributed by atoms with Crippen molar-refractivity contribution < 1.29 is 23.1 Å². The van der Waals surface area contributed by atoms with Gasteiger partial charge in [-0.1, -0.05) is 0 Å². The lowest BCUT2D eigenvalue weighted by molar-refractivity contribution is 0.0528. The third-order valence-electron chi connectivity index (χ3n) is 2.76. The second-order valence-corrected chi connectivity index (χ2v) is 5.66. The van der Waals surface area contributed by atoms with Crippen LogP contribution in [0.5, 0.6) is 0 Å². The van der Waals surface area contributed by atoms with Gasteiger partial charge in [-0.05, 0) is 38.1 Å². The summed E-state index contributed by atoms with van der Waals surface area (Å²) in [5.74, 6) is -3.32. The summed E-state index contributed by atoms with van der Waals surface area (Å²) in [6.45, 7) is 3.67. The highest BCUT2D eigenvalue weighted by molar-refractivity contribution is 7.16. The monoisotopic (exact) mass is 325 g/mol. The number of hydrogen-bond acceptors (Lipinski definition) is 4. The third kappa shape index (κ3) is 3.48. The van der Waals surface area contributed by atoms with Gasteiger partial charge in [0, 0.05) is 10.4 Å². The summed E-state index contributed by atoms with van der Waals surface area (Å²) in [6, 6.07) is 4.44. The van der Waals surface area contributed by atoms with E-state index in [9.17, 15) is 18.4 Å². The molecule has 0 aliphatic heterocycles. The standard InChI is InChI=1S/C15H13F2NO3S/c1-3-21-15(20)10-6-8(2)22-14(10)18-13(19)9-4-5-11(16)12(17)7-9/h4-7H,3H2,1-2H3,(H,18,19). The molecule has 0 saturated carbocycles. The van der Waals surface area contributed by atoms with Crippen LogP contribution in [0.1, 0.15) is 32.5 Å². The van der Waals surface area contributed by atoms with Gasteiger partial charge >= 0.3 is 5.97 Å². The van der Waals surface area contributed by atoms with Gasteiger partial charge in [0.1, 0.15) is 5.00 Å². The number of thiophene rings is 1. The molecule has 0 aliphatic carbocycles. The molecule has 22 heavy (non-hydrogen) atoms. The van der Waals surface area contributed by atoms with Crippen molar-refractivity contribution >= 4 is 28.2 Å². The molecule has 0 aliphatic rings. The van der Waals surface area contributed by atoms with Crippen molar-refractivity contribution in [2.45, 2.75) is 13.8 Å². The minimum atomic E-state index is -1.11. The molecule has 1 aromatic heterocycles. The number of nitrogens with one attached hydrogen (secondary N) is 1. The van der Waals surface area contributed by atoms with Gasteiger partial charge in [0.15, 0.2) is 11.6 Å². The Labute approximate surface area is 129 Å². The van der Waals surface area contributed by atoms with Gasteiger partial charge in [-0.15, -0.1) is 11.3 Å². The molecule has 2 aromatic rings. The van der Waals surface area contributed by atoms with Gasteiger partial charge in [0.2, 0.25) is 0 Å². The largest absolute Gasteiger partial charge is 0.462 e. The van der Waals surface area contributed by atoms with Gasteiger partial charge in [0.05, 0.1) is 12.2 Å². The van der Waals surface area contributed by atoms with E-state index in [1.165, 1.54) is 11.3 Å². The first-order chi connectivity index (χ1) is 10.4. The van der Waals surface area contributed by atoms with Crippen LogP contribution in [0, 0.1) is 18.6 Å². The fourth-order valence-corrected chi connectivity index (χ4v) is 2.67. The van der Waals surface area contributed by atoms with Crippen LogP contribution < -0.4 is 5.32 Å². The van der Waals surface area contributed by atoms with Crippen LogP contribution in [-0.4, -0.2) is 18.5 Å². The summed E-state index contributed by atoms with van der Waals surface area (Å²) < 4.78 is 31.0.